The van der Waals surface area contributed by atoms with E-state index in [1.807, 2.05) is 12.2 Å². The quantitative estimate of drug-likeness (QED) is 0.123. The molecule has 0 aliphatic carbocycles. The molecule has 0 aromatic carbocycles. The Morgan fingerprint density at radius 2 is 0.931 bits per heavy atom. The average Bonchev–Trinajstić information content (AvgIpc) is 2.74. The van der Waals surface area contributed by atoms with Crippen molar-refractivity contribution in [2.75, 3.05) is 0 Å². The second-order valence-corrected chi connectivity index (χ2v) is 9.10. The predicted molar refractivity (Wildman–Crippen MR) is 131 cm³/mol. The van der Waals surface area contributed by atoms with Crippen LogP contribution in [0.5, 0.6) is 0 Å². The number of rotatable bonds is 23. The largest absolute Gasteiger partial charge is 0.198 e. The number of nitriles is 1. The third kappa shape index (κ3) is 17.5. The van der Waals surface area contributed by atoms with Gasteiger partial charge in [-0.1, -0.05) is 109 Å². The minimum atomic E-state index is -0.0378. The molecular formula is C28H51N. The molecule has 29 heavy (non-hydrogen) atoms. The molecule has 0 heterocycles. The zero-order valence-electron chi connectivity index (χ0n) is 19.9. The van der Waals surface area contributed by atoms with Gasteiger partial charge in [0, 0.05) is 0 Å². The Kier molecular flexibility index (Phi) is 20.9. The summed E-state index contributed by atoms with van der Waals surface area (Å²) in [5.41, 5.74) is -0.0378. The average molecular weight is 402 g/mol. The molecule has 0 unspecified atom stereocenters. The molecule has 0 aliphatic heterocycles. The fraction of sp³-hybridized carbons (Fsp3) is 0.821. The van der Waals surface area contributed by atoms with Crippen LogP contribution in [0.15, 0.2) is 25.3 Å². The normalized spacial score (nSPS) is 11.3. The van der Waals surface area contributed by atoms with Crippen LogP contribution in [0.2, 0.25) is 0 Å². The van der Waals surface area contributed by atoms with Crippen LogP contribution in [0.3, 0.4) is 0 Å². The summed E-state index contributed by atoms with van der Waals surface area (Å²) in [6, 6.07) is 2.78. The number of hydrogen-bond donors (Lipinski definition) is 0. The molecule has 0 saturated heterocycles. The van der Waals surface area contributed by atoms with E-state index in [0.29, 0.717) is 0 Å². The first-order valence-corrected chi connectivity index (χ1v) is 12.9. The van der Waals surface area contributed by atoms with E-state index in [9.17, 15) is 5.26 Å². The van der Waals surface area contributed by atoms with Crippen molar-refractivity contribution in [1.29, 1.82) is 5.26 Å². The number of nitrogens with zero attached hydrogens (tertiary/aromatic N) is 1. The third-order valence-corrected chi connectivity index (χ3v) is 6.37. The highest BCUT2D eigenvalue weighted by molar-refractivity contribution is 4.98. The van der Waals surface area contributed by atoms with E-state index in [0.717, 1.165) is 32.1 Å². The Morgan fingerprint density at radius 3 is 1.28 bits per heavy atom. The lowest BCUT2D eigenvalue weighted by atomic mass is 9.75. The molecule has 0 aromatic rings. The van der Waals surface area contributed by atoms with Crippen molar-refractivity contribution in [1.82, 2.24) is 0 Å². The summed E-state index contributed by atoms with van der Waals surface area (Å²) in [5.74, 6) is 0. The van der Waals surface area contributed by atoms with Gasteiger partial charge < -0.3 is 0 Å². The summed E-state index contributed by atoms with van der Waals surface area (Å²) in [4.78, 5) is 0. The van der Waals surface area contributed by atoms with Crippen LogP contribution in [0.1, 0.15) is 142 Å². The summed E-state index contributed by atoms with van der Waals surface area (Å²) < 4.78 is 0. The van der Waals surface area contributed by atoms with Gasteiger partial charge in [0.2, 0.25) is 0 Å². The molecule has 0 N–H and O–H groups in total. The van der Waals surface area contributed by atoms with Crippen molar-refractivity contribution in [2.45, 2.75) is 142 Å². The molecule has 168 valence electrons. The first kappa shape index (κ1) is 28.0. The van der Waals surface area contributed by atoms with Gasteiger partial charge in [-0.2, -0.15) is 5.26 Å². The van der Waals surface area contributed by atoms with Crippen LogP contribution in [0, 0.1) is 16.7 Å². The van der Waals surface area contributed by atoms with E-state index in [1.54, 1.807) is 0 Å². The van der Waals surface area contributed by atoms with Crippen LogP contribution in [-0.2, 0) is 0 Å². The molecule has 1 nitrogen and oxygen atoms in total. The van der Waals surface area contributed by atoms with Crippen LogP contribution < -0.4 is 0 Å². The van der Waals surface area contributed by atoms with Gasteiger partial charge in [0.1, 0.15) is 0 Å². The molecule has 0 atom stereocenters. The second kappa shape index (κ2) is 21.7. The van der Waals surface area contributed by atoms with Crippen molar-refractivity contribution in [2.24, 2.45) is 5.41 Å². The fourth-order valence-corrected chi connectivity index (χ4v) is 4.33. The first-order chi connectivity index (χ1) is 14.2. The SMILES string of the molecule is C=CCCCCCCCCCC(C#N)(CCCC)CCCCCCCCCC=C. The van der Waals surface area contributed by atoms with Crippen LogP contribution in [0.25, 0.3) is 0 Å². The van der Waals surface area contributed by atoms with Gasteiger partial charge >= 0.3 is 0 Å². The number of allylic oxidation sites excluding steroid dienone is 2. The molecule has 0 saturated carbocycles. The minimum Gasteiger partial charge on any atom is -0.198 e. The second-order valence-electron chi connectivity index (χ2n) is 9.10. The first-order valence-electron chi connectivity index (χ1n) is 12.9. The molecule has 1 heteroatoms. The van der Waals surface area contributed by atoms with Crippen LogP contribution in [-0.4, -0.2) is 0 Å². The highest BCUT2D eigenvalue weighted by atomic mass is 14.4. The Hall–Kier alpha value is -1.03. The van der Waals surface area contributed by atoms with Gasteiger partial charge in [-0.15, -0.1) is 13.2 Å². The molecule has 0 fully saturated rings. The monoisotopic (exact) mass is 401 g/mol. The van der Waals surface area contributed by atoms with Crippen molar-refractivity contribution in [3.63, 3.8) is 0 Å². The summed E-state index contributed by atoms with van der Waals surface area (Å²) in [7, 11) is 0. The topological polar surface area (TPSA) is 23.8 Å². The zero-order valence-corrected chi connectivity index (χ0v) is 19.9. The molecule has 0 spiro atoms. The Balaban J connectivity index is 3.98. The highest BCUT2D eigenvalue weighted by Gasteiger charge is 2.28. The van der Waals surface area contributed by atoms with Gasteiger partial charge in [0.25, 0.3) is 0 Å². The van der Waals surface area contributed by atoms with Crippen molar-refractivity contribution >= 4 is 0 Å². The molecule has 0 radical (unpaired) electrons. The summed E-state index contributed by atoms with van der Waals surface area (Å²) >= 11 is 0. The van der Waals surface area contributed by atoms with E-state index < -0.39 is 0 Å². The van der Waals surface area contributed by atoms with E-state index in [1.165, 1.54) is 103 Å². The highest BCUT2D eigenvalue weighted by Crippen LogP contribution is 2.36. The fourth-order valence-electron chi connectivity index (χ4n) is 4.33. The molecule has 0 rings (SSSR count). The smallest absolute Gasteiger partial charge is 0.0689 e. The van der Waals surface area contributed by atoms with Gasteiger partial charge in [0.15, 0.2) is 0 Å². The van der Waals surface area contributed by atoms with Crippen molar-refractivity contribution in [3.05, 3.63) is 25.3 Å². The molecule has 0 aliphatic rings. The maximum absolute atomic E-state index is 9.98. The van der Waals surface area contributed by atoms with E-state index >= 15 is 0 Å². The van der Waals surface area contributed by atoms with Crippen LogP contribution in [0.4, 0.5) is 0 Å². The van der Waals surface area contributed by atoms with E-state index in [4.69, 9.17) is 0 Å². The summed E-state index contributed by atoms with van der Waals surface area (Å²) in [6.45, 7) is 9.83. The zero-order chi connectivity index (χ0) is 21.5. The molecule has 0 aromatic heterocycles. The van der Waals surface area contributed by atoms with Gasteiger partial charge in [-0.05, 0) is 44.9 Å². The predicted octanol–water partition coefficient (Wildman–Crippen LogP) is 10.1. The summed E-state index contributed by atoms with van der Waals surface area (Å²) in [6.07, 6.45) is 30.7. The molecule has 0 bridgehead atoms. The lowest BCUT2D eigenvalue weighted by Crippen LogP contribution is -2.19. The van der Waals surface area contributed by atoms with E-state index in [2.05, 4.69) is 26.2 Å². The van der Waals surface area contributed by atoms with Gasteiger partial charge in [-0.3, -0.25) is 0 Å². The van der Waals surface area contributed by atoms with Crippen LogP contribution >= 0.6 is 0 Å². The Morgan fingerprint density at radius 1 is 0.586 bits per heavy atom. The lowest BCUT2D eigenvalue weighted by molar-refractivity contribution is 0.277. The maximum atomic E-state index is 9.98. The molecular weight excluding hydrogens is 350 g/mol. The van der Waals surface area contributed by atoms with Crippen molar-refractivity contribution < 1.29 is 0 Å². The maximum Gasteiger partial charge on any atom is 0.0689 e. The number of unbranched alkanes of at least 4 members (excludes halogenated alkanes) is 15. The Bertz CT molecular complexity index is 377. The van der Waals surface area contributed by atoms with Crippen molar-refractivity contribution in [3.8, 4) is 6.07 Å². The lowest BCUT2D eigenvalue weighted by Gasteiger charge is -2.27. The standard InChI is InChI=1S/C28H51N/c1-4-7-10-12-14-16-18-20-22-25-28(27-29,24-9-6-3)26-23-21-19-17-15-13-11-8-5-2/h4-5H,1-2,6-26H2,3H3. The van der Waals surface area contributed by atoms with Gasteiger partial charge in [-0.25, -0.2) is 0 Å². The number of hydrogen-bond acceptors (Lipinski definition) is 1. The minimum absolute atomic E-state index is 0.0378. The molecule has 0 amide bonds. The Labute approximate surface area is 184 Å². The van der Waals surface area contributed by atoms with Gasteiger partial charge in [0.05, 0.1) is 11.5 Å². The third-order valence-electron chi connectivity index (χ3n) is 6.37. The van der Waals surface area contributed by atoms with E-state index in [-0.39, 0.29) is 5.41 Å². The summed E-state index contributed by atoms with van der Waals surface area (Å²) in [5, 5.41) is 9.98.